The SMILES string of the molecule is CC(=O)[C@H]1CCCCN1S(=O)(=O)c1c(C)nn(C)c1C. The molecule has 7 heteroatoms. The number of rotatable bonds is 3. The Bertz CT molecular complexity index is 634. The second-order valence-electron chi connectivity index (χ2n) is 5.36. The molecular formula is C13H21N3O3S. The molecule has 1 fully saturated rings. The number of piperidine rings is 1. The van der Waals surface area contributed by atoms with Gasteiger partial charge in [0.25, 0.3) is 0 Å². The van der Waals surface area contributed by atoms with Crippen molar-refractivity contribution in [2.75, 3.05) is 6.54 Å². The van der Waals surface area contributed by atoms with Crippen LogP contribution in [-0.2, 0) is 21.9 Å². The zero-order valence-electron chi connectivity index (χ0n) is 12.4. The number of carbonyl (C=O) groups excluding carboxylic acids is 1. The van der Waals surface area contributed by atoms with Gasteiger partial charge in [-0.3, -0.25) is 9.48 Å². The standard InChI is InChI=1S/C13H21N3O3S/c1-9-13(10(2)15(4)14-9)20(18,19)16-8-6-5-7-12(16)11(3)17/h12H,5-8H2,1-4H3/t12-/m1/s1. The number of carbonyl (C=O) groups is 1. The van der Waals surface area contributed by atoms with Gasteiger partial charge in [0.05, 0.1) is 17.4 Å². The van der Waals surface area contributed by atoms with Gasteiger partial charge in [0, 0.05) is 13.6 Å². The molecule has 2 heterocycles. The third-order valence-corrected chi connectivity index (χ3v) is 6.09. The molecule has 1 aromatic rings. The average molecular weight is 299 g/mol. The number of Topliss-reactive ketones (excluding diaryl/α,β-unsaturated/α-hetero) is 1. The fraction of sp³-hybridized carbons (Fsp3) is 0.692. The maximum atomic E-state index is 12.9. The van der Waals surface area contributed by atoms with Crippen LogP contribution in [-0.4, -0.2) is 40.9 Å². The summed E-state index contributed by atoms with van der Waals surface area (Å²) in [5.74, 6) is -0.0903. The van der Waals surface area contributed by atoms with Gasteiger partial charge < -0.3 is 0 Å². The summed E-state index contributed by atoms with van der Waals surface area (Å²) in [4.78, 5) is 12.0. The first kappa shape index (κ1) is 15.2. The van der Waals surface area contributed by atoms with Crippen LogP contribution in [0.5, 0.6) is 0 Å². The lowest BCUT2D eigenvalue weighted by molar-refractivity contribution is -0.121. The first-order valence-electron chi connectivity index (χ1n) is 6.79. The summed E-state index contributed by atoms with van der Waals surface area (Å²) >= 11 is 0. The molecule has 0 aliphatic carbocycles. The molecule has 20 heavy (non-hydrogen) atoms. The normalized spacial score (nSPS) is 21.1. The van der Waals surface area contributed by atoms with E-state index in [1.807, 2.05) is 0 Å². The number of sulfonamides is 1. The van der Waals surface area contributed by atoms with E-state index in [2.05, 4.69) is 5.10 Å². The Balaban J connectivity index is 2.50. The van der Waals surface area contributed by atoms with Gasteiger partial charge in [0.1, 0.15) is 10.7 Å². The van der Waals surface area contributed by atoms with E-state index in [-0.39, 0.29) is 10.7 Å². The van der Waals surface area contributed by atoms with Crippen molar-refractivity contribution in [3.05, 3.63) is 11.4 Å². The molecule has 1 aliphatic rings. The zero-order valence-corrected chi connectivity index (χ0v) is 13.2. The van der Waals surface area contributed by atoms with E-state index >= 15 is 0 Å². The van der Waals surface area contributed by atoms with Crippen molar-refractivity contribution in [3.63, 3.8) is 0 Å². The number of nitrogens with zero attached hydrogens (tertiary/aromatic N) is 3. The zero-order chi connectivity index (χ0) is 15.1. The second kappa shape index (κ2) is 5.29. The lowest BCUT2D eigenvalue weighted by Crippen LogP contribution is -2.47. The van der Waals surface area contributed by atoms with Gasteiger partial charge in [0.15, 0.2) is 0 Å². The van der Waals surface area contributed by atoms with Crippen molar-refractivity contribution in [3.8, 4) is 0 Å². The van der Waals surface area contributed by atoms with E-state index in [4.69, 9.17) is 0 Å². The van der Waals surface area contributed by atoms with Crippen LogP contribution in [0, 0.1) is 13.8 Å². The van der Waals surface area contributed by atoms with Crippen molar-refractivity contribution < 1.29 is 13.2 Å². The summed E-state index contributed by atoms with van der Waals surface area (Å²) in [6, 6.07) is -0.534. The summed E-state index contributed by atoms with van der Waals surface area (Å²) < 4.78 is 28.7. The highest BCUT2D eigenvalue weighted by atomic mass is 32.2. The number of aromatic nitrogens is 2. The first-order valence-corrected chi connectivity index (χ1v) is 8.23. The molecule has 6 nitrogen and oxygen atoms in total. The molecule has 0 radical (unpaired) electrons. The van der Waals surface area contributed by atoms with Crippen molar-refractivity contribution >= 4 is 15.8 Å². The van der Waals surface area contributed by atoms with Crippen LogP contribution in [0.1, 0.15) is 37.6 Å². The Morgan fingerprint density at radius 2 is 1.95 bits per heavy atom. The minimum atomic E-state index is -3.67. The van der Waals surface area contributed by atoms with E-state index in [1.54, 1.807) is 25.6 Å². The molecule has 0 amide bonds. The van der Waals surface area contributed by atoms with Gasteiger partial charge >= 0.3 is 0 Å². The minimum Gasteiger partial charge on any atom is -0.298 e. The van der Waals surface area contributed by atoms with Crippen LogP contribution in [0.25, 0.3) is 0 Å². The fourth-order valence-electron chi connectivity index (χ4n) is 2.84. The number of ketones is 1. The Morgan fingerprint density at radius 1 is 1.30 bits per heavy atom. The molecule has 0 bridgehead atoms. The Hall–Kier alpha value is -1.21. The predicted octanol–water partition coefficient (Wildman–Crippen LogP) is 1.17. The summed E-state index contributed by atoms with van der Waals surface area (Å²) in [5, 5.41) is 4.17. The van der Waals surface area contributed by atoms with E-state index < -0.39 is 16.1 Å². The molecule has 0 saturated carbocycles. The largest absolute Gasteiger partial charge is 0.298 e. The molecule has 112 valence electrons. The van der Waals surface area contributed by atoms with Gasteiger partial charge in [-0.15, -0.1) is 0 Å². The highest BCUT2D eigenvalue weighted by Crippen LogP contribution is 2.29. The van der Waals surface area contributed by atoms with Crippen LogP contribution >= 0.6 is 0 Å². The molecule has 2 rings (SSSR count). The lowest BCUT2D eigenvalue weighted by Gasteiger charge is -2.33. The van der Waals surface area contributed by atoms with Crippen LogP contribution < -0.4 is 0 Å². The van der Waals surface area contributed by atoms with Gasteiger partial charge in [-0.25, -0.2) is 8.42 Å². The molecule has 0 unspecified atom stereocenters. The molecule has 0 N–H and O–H groups in total. The van der Waals surface area contributed by atoms with Crippen LogP contribution in [0.2, 0.25) is 0 Å². The predicted molar refractivity (Wildman–Crippen MR) is 74.9 cm³/mol. The molecule has 1 atom stereocenters. The summed E-state index contributed by atoms with van der Waals surface area (Å²) in [6.07, 6.45) is 2.29. The molecule has 1 saturated heterocycles. The van der Waals surface area contributed by atoms with Crippen molar-refractivity contribution in [1.82, 2.24) is 14.1 Å². The van der Waals surface area contributed by atoms with E-state index in [0.717, 1.165) is 12.8 Å². The van der Waals surface area contributed by atoms with Crippen molar-refractivity contribution in [2.24, 2.45) is 7.05 Å². The molecule has 0 aromatic carbocycles. The quantitative estimate of drug-likeness (QED) is 0.840. The maximum absolute atomic E-state index is 12.9. The van der Waals surface area contributed by atoms with Crippen molar-refractivity contribution in [1.29, 1.82) is 0 Å². The van der Waals surface area contributed by atoms with E-state index in [9.17, 15) is 13.2 Å². The molecule has 1 aliphatic heterocycles. The summed E-state index contributed by atoms with van der Waals surface area (Å²) in [7, 11) is -1.95. The third-order valence-electron chi connectivity index (χ3n) is 3.93. The smallest absolute Gasteiger partial charge is 0.247 e. The van der Waals surface area contributed by atoms with Crippen LogP contribution in [0.3, 0.4) is 0 Å². The molecule has 0 spiro atoms. The van der Waals surface area contributed by atoms with Gasteiger partial charge in [-0.2, -0.15) is 9.40 Å². The second-order valence-corrected chi connectivity index (χ2v) is 7.19. The summed E-state index contributed by atoms with van der Waals surface area (Å²) in [6.45, 7) is 5.29. The maximum Gasteiger partial charge on any atom is 0.247 e. The van der Waals surface area contributed by atoms with Crippen LogP contribution in [0.15, 0.2) is 4.90 Å². The van der Waals surface area contributed by atoms with Gasteiger partial charge in [-0.05, 0) is 33.6 Å². The topological polar surface area (TPSA) is 72.3 Å². The number of hydrogen-bond donors (Lipinski definition) is 0. The van der Waals surface area contributed by atoms with Crippen molar-refractivity contribution in [2.45, 2.75) is 51.0 Å². The molecule has 1 aromatic heterocycles. The van der Waals surface area contributed by atoms with Gasteiger partial charge in [-0.1, -0.05) is 6.42 Å². The monoisotopic (exact) mass is 299 g/mol. The van der Waals surface area contributed by atoms with E-state index in [0.29, 0.717) is 24.4 Å². The number of aryl methyl sites for hydroxylation is 2. The Labute approximate surface area is 119 Å². The highest BCUT2D eigenvalue weighted by molar-refractivity contribution is 7.89. The summed E-state index contributed by atoms with van der Waals surface area (Å²) in [5.41, 5.74) is 1.09. The van der Waals surface area contributed by atoms with Crippen LogP contribution in [0.4, 0.5) is 0 Å². The average Bonchev–Trinajstić information content (AvgIpc) is 2.63. The first-order chi connectivity index (χ1) is 9.26. The Kier molecular flexibility index (Phi) is 4.02. The highest BCUT2D eigenvalue weighted by Gasteiger charge is 2.38. The third kappa shape index (κ3) is 2.40. The Morgan fingerprint density at radius 3 is 2.45 bits per heavy atom. The molecular weight excluding hydrogens is 278 g/mol. The number of hydrogen-bond acceptors (Lipinski definition) is 4. The van der Waals surface area contributed by atoms with E-state index in [1.165, 1.54) is 11.2 Å². The lowest BCUT2D eigenvalue weighted by atomic mass is 10.0. The minimum absolute atomic E-state index is 0.0903. The van der Waals surface area contributed by atoms with Gasteiger partial charge in [0.2, 0.25) is 10.0 Å². The fourth-order valence-corrected chi connectivity index (χ4v) is 4.96.